The minimum absolute atomic E-state index is 0. The van der Waals surface area contributed by atoms with Crippen LogP contribution in [0.5, 0.6) is 0 Å². The second kappa shape index (κ2) is 7.68. The molecule has 2 aliphatic heterocycles. The average molecular weight is 418 g/mol. The van der Waals surface area contributed by atoms with Crippen LogP contribution < -0.4 is 11.1 Å². The Labute approximate surface area is 172 Å². The first-order valence-corrected chi connectivity index (χ1v) is 8.84. The van der Waals surface area contributed by atoms with Crippen LogP contribution >= 0.6 is 12.4 Å². The first kappa shape index (κ1) is 20.6. The van der Waals surface area contributed by atoms with Crippen LogP contribution in [0.4, 0.5) is 14.5 Å². The number of rotatable bonds is 1. The van der Waals surface area contributed by atoms with E-state index in [9.17, 15) is 13.6 Å². The van der Waals surface area contributed by atoms with Gasteiger partial charge in [-0.15, -0.1) is 12.4 Å². The number of carbonyl (C=O) groups excluding carboxylic acids is 1. The molecular weight excluding hydrogens is 400 g/mol. The van der Waals surface area contributed by atoms with Gasteiger partial charge in [0.1, 0.15) is 23.1 Å². The van der Waals surface area contributed by atoms with Crippen molar-refractivity contribution in [3.8, 4) is 6.07 Å². The Hall–Kier alpha value is -3.18. The van der Waals surface area contributed by atoms with E-state index in [-0.39, 0.29) is 35.4 Å². The van der Waals surface area contributed by atoms with Crippen LogP contribution in [-0.4, -0.2) is 35.4 Å². The van der Waals surface area contributed by atoms with Gasteiger partial charge in [-0.25, -0.2) is 13.8 Å². The number of hydrogen-bond donors (Lipinski definition) is 2. The van der Waals surface area contributed by atoms with Crippen LogP contribution in [-0.2, 0) is 0 Å². The maximum Gasteiger partial charge on any atom is 0.253 e. The third-order valence-electron chi connectivity index (χ3n) is 5.19. The number of nitrogens with two attached hydrogens (primary N) is 1. The molecule has 0 aliphatic carbocycles. The molecule has 0 saturated carbocycles. The van der Waals surface area contributed by atoms with Crippen molar-refractivity contribution in [2.24, 2.45) is 10.7 Å². The SMILES string of the molecule is Cl.N#Cc1ccc(C(=O)N2CCC3(CC2)N=C(N)c2c(F)ccc(F)c2N3)cc1. The molecule has 0 unspecified atom stereocenters. The fourth-order valence-corrected chi connectivity index (χ4v) is 3.66. The van der Waals surface area contributed by atoms with E-state index in [1.807, 2.05) is 6.07 Å². The summed E-state index contributed by atoms with van der Waals surface area (Å²) < 4.78 is 28.3. The predicted molar refractivity (Wildman–Crippen MR) is 107 cm³/mol. The van der Waals surface area contributed by atoms with E-state index in [0.29, 0.717) is 37.1 Å². The Bertz CT molecular complexity index is 1020. The molecule has 6 nitrogen and oxygen atoms in total. The zero-order chi connectivity index (χ0) is 19.9. The zero-order valence-electron chi connectivity index (χ0n) is 15.3. The normalized spacial score (nSPS) is 16.7. The highest BCUT2D eigenvalue weighted by atomic mass is 35.5. The fourth-order valence-electron chi connectivity index (χ4n) is 3.66. The van der Waals surface area contributed by atoms with Crippen molar-refractivity contribution >= 4 is 29.8 Å². The monoisotopic (exact) mass is 417 g/mol. The summed E-state index contributed by atoms with van der Waals surface area (Å²) in [5.74, 6) is -1.42. The lowest BCUT2D eigenvalue weighted by atomic mass is 9.93. The second-order valence-electron chi connectivity index (χ2n) is 6.91. The van der Waals surface area contributed by atoms with E-state index in [1.165, 1.54) is 0 Å². The summed E-state index contributed by atoms with van der Waals surface area (Å²) in [5, 5.41) is 11.9. The summed E-state index contributed by atoms with van der Waals surface area (Å²) >= 11 is 0. The number of piperidine rings is 1. The van der Waals surface area contributed by atoms with Crippen molar-refractivity contribution in [1.82, 2.24) is 4.90 Å². The minimum Gasteiger partial charge on any atom is -0.383 e. The first-order chi connectivity index (χ1) is 13.4. The molecule has 0 atom stereocenters. The molecule has 1 saturated heterocycles. The number of nitrogens with one attached hydrogen (secondary N) is 1. The van der Waals surface area contributed by atoms with Gasteiger partial charge in [-0.05, 0) is 36.4 Å². The summed E-state index contributed by atoms with van der Waals surface area (Å²) in [6.45, 7) is 0.768. The number of anilines is 1. The smallest absolute Gasteiger partial charge is 0.253 e. The molecule has 2 aromatic carbocycles. The van der Waals surface area contributed by atoms with Crippen LogP contribution in [0.2, 0.25) is 0 Å². The van der Waals surface area contributed by atoms with Crippen molar-refractivity contribution in [3.63, 3.8) is 0 Å². The number of hydrogen-bond acceptors (Lipinski definition) is 5. The van der Waals surface area contributed by atoms with Gasteiger partial charge in [-0.2, -0.15) is 5.26 Å². The van der Waals surface area contributed by atoms with Crippen molar-refractivity contribution in [1.29, 1.82) is 5.26 Å². The van der Waals surface area contributed by atoms with Crippen LogP contribution in [0, 0.1) is 23.0 Å². The van der Waals surface area contributed by atoms with E-state index in [4.69, 9.17) is 11.0 Å². The van der Waals surface area contributed by atoms with Crippen LogP contribution in [0.3, 0.4) is 0 Å². The van der Waals surface area contributed by atoms with Gasteiger partial charge in [0.25, 0.3) is 5.91 Å². The molecule has 0 radical (unpaired) electrons. The van der Waals surface area contributed by atoms with Gasteiger partial charge in [-0.3, -0.25) is 4.79 Å². The van der Waals surface area contributed by atoms with Crippen molar-refractivity contribution in [2.75, 3.05) is 18.4 Å². The number of amides is 1. The van der Waals surface area contributed by atoms with E-state index in [0.717, 1.165) is 12.1 Å². The molecule has 4 rings (SSSR count). The molecule has 0 bridgehead atoms. The molecule has 1 amide bonds. The summed E-state index contributed by atoms with van der Waals surface area (Å²) in [6, 6.07) is 10.5. The molecular formula is C20H18ClF2N5O. The lowest BCUT2D eigenvalue weighted by Crippen LogP contribution is -2.52. The third-order valence-corrected chi connectivity index (χ3v) is 5.19. The summed E-state index contributed by atoms with van der Waals surface area (Å²) in [6.07, 6.45) is 0.816. The number of benzene rings is 2. The Kier molecular flexibility index (Phi) is 5.44. The highest BCUT2D eigenvalue weighted by molar-refractivity contribution is 6.04. The number of carbonyl (C=O) groups is 1. The molecule has 2 aliphatic rings. The Morgan fingerprint density at radius 2 is 1.76 bits per heavy atom. The third kappa shape index (κ3) is 3.61. The molecule has 0 aromatic heterocycles. The van der Waals surface area contributed by atoms with Gasteiger partial charge in [0.2, 0.25) is 0 Å². The van der Waals surface area contributed by atoms with E-state index < -0.39 is 17.3 Å². The van der Waals surface area contributed by atoms with Gasteiger partial charge < -0.3 is 16.0 Å². The van der Waals surface area contributed by atoms with Crippen LogP contribution in [0.25, 0.3) is 0 Å². The number of aliphatic imine (C=N–C) groups is 1. The molecule has 1 spiro atoms. The summed E-state index contributed by atoms with van der Waals surface area (Å²) in [4.78, 5) is 18.8. The fraction of sp³-hybridized carbons (Fsp3) is 0.250. The quantitative estimate of drug-likeness (QED) is 0.745. The van der Waals surface area contributed by atoms with E-state index in [2.05, 4.69) is 10.3 Å². The lowest BCUT2D eigenvalue weighted by molar-refractivity contribution is 0.0685. The van der Waals surface area contributed by atoms with Crippen molar-refractivity contribution < 1.29 is 13.6 Å². The number of likely N-dealkylation sites (tertiary alicyclic amines) is 1. The second-order valence-corrected chi connectivity index (χ2v) is 6.91. The van der Waals surface area contributed by atoms with Gasteiger partial charge in [-0.1, -0.05) is 0 Å². The van der Waals surface area contributed by atoms with Gasteiger partial charge in [0.15, 0.2) is 0 Å². The molecule has 29 heavy (non-hydrogen) atoms. The van der Waals surface area contributed by atoms with Gasteiger partial charge in [0.05, 0.1) is 22.9 Å². The topological polar surface area (TPSA) is 94.5 Å². The summed E-state index contributed by atoms with van der Waals surface area (Å²) in [7, 11) is 0. The number of nitrogens with zero attached hydrogens (tertiary/aromatic N) is 3. The predicted octanol–water partition coefficient (Wildman–Crippen LogP) is 3.02. The van der Waals surface area contributed by atoms with Gasteiger partial charge >= 0.3 is 0 Å². The number of nitriles is 1. The highest BCUT2D eigenvalue weighted by Gasteiger charge is 2.40. The number of amidine groups is 1. The van der Waals surface area contributed by atoms with E-state index in [1.54, 1.807) is 29.2 Å². The number of halogens is 3. The Balaban J connectivity index is 0.00000240. The van der Waals surface area contributed by atoms with Crippen LogP contribution in [0.15, 0.2) is 41.4 Å². The Morgan fingerprint density at radius 3 is 2.38 bits per heavy atom. The first-order valence-electron chi connectivity index (χ1n) is 8.84. The molecule has 3 N–H and O–H groups in total. The largest absolute Gasteiger partial charge is 0.383 e. The molecule has 150 valence electrons. The maximum absolute atomic E-state index is 14.2. The summed E-state index contributed by atoms with van der Waals surface area (Å²) in [5.41, 5.74) is 6.00. The lowest BCUT2D eigenvalue weighted by Gasteiger charge is -2.42. The maximum atomic E-state index is 14.2. The van der Waals surface area contributed by atoms with E-state index >= 15 is 0 Å². The Morgan fingerprint density at radius 1 is 1.14 bits per heavy atom. The van der Waals surface area contributed by atoms with Crippen LogP contribution in [0.1, 0.15) is 34.3 Å². The standard InChI is InChI=1S/C20H17F2N5O.ClH/c21-14-5-6-15(22)17-16(14)18(24)26-20(25-17)7-9-27(10-8-20)19(28)13-3-1-12(11-23)2-4-13;/h1-6,25H,7-10H2,(H2,24,26);1H. The molecule has 1 fully saturated rings. The van der Waals surface area contributed by atoms with Crippen molar-refractivity contribution in [2.45, 2.75) is 18.5 Å². The average Bonchev–Trinajstić information content (AvgIpc) is 2.71. The molecule has 9 heteroatoms. The highest BCUT2D eigenvalue weighted by Crippen LogP contribution is 2.36. The number of fused-ring (bicyclic) bond motifs is 1. The van der Waals surface area contributed by atoms with Crippen molar-refractivity contribution in [3.05, 3.63) is 64.7 Å². The molecule has 2 aromatic rings. The molecule has 2 heterocycles. The zero-order valence-corrected chi connectivity index (χ0v) is 16.1. The minimum atomic E-state index is -0.868. The van der Waals surface area contributed by atoms with Gasteiger partial charge in [0, 0.05) is 31.5 Å².